The molecule has 1 N–H and O–H groups in total. The number of benzene rings is 2. The summed E-state index contributed by atoms with van der Waals surface area (Å²) in [6.45, 7) is 11.6. The summed E-state index contributed by atoms with van der Waals surface area (Å²) >= 11 is 0. The number of nitrogens with zero attached hydrogens (tertiary/aromatic N) is 3. The highest BCUT2D eigenvalue weighted by Gasteiger charge is 2.39. The van der Waals surface area contributed by atoms with Gasteiger partial charge in [0.25, 0.3) is 0 Å². The number of aryl methyl sites for hydroxylation is 1. The Morgan fingerprint density at radius 1 is 1.17 bits per heavy atom. The Labute approximate surface area is 213 Å². The number of nitrogens with one attached hydrogen (secondary N) is 1. The van der Waals surface area contributed by atoms with Crippen molar-refractivity contribution in [2.45, 2.75) is 57.9 Å². The summed E-state index contributed by atoms with van der Waals surface area (Å²) in [6.07, 6.45) is 3.61. The first-order valence-electron chi connectivity index (χ1n) is 13.5. The maximum Gasteiger partial charge on any atom is 0.136 e. The van der Waals surface area contributed by atoms with E-state index in [1.807, 2.05) is 12.1 Å². The van der Waals surface area contributed by atoms with Crippen molar-refractivity contribution in [1.29, 1.82) is 5.26 Å². The molecule has 2 aromatic carbocycles. The van der Waals surface area contributed by atoms with Gasteiger partial charge in [0, 0.05) is 72.0 Å². The zero-order valence-corrected chi connectivity index (χ0v) is 21.7. The van der Waals surface area contributed by atoms with E-state index in [9.17, 15) is 10.5 Å². The number of aromatic amines is 1. The molecule has 0 atom stereocenters. The van der Waals surface area contributed by atoms with Crippen LogP contribution in [0.4, 0.5) is 5.69 Å². The van der Waals surface area contributed by atoms with Gasteiger partial charge < -0.3 is 19.6 Å². The Bertz CT molecular complexity index is 1350. The lowest BCUT2D eigenvalue weighted by molar-refractivity contribution is 0.00459. The van der Waals surface area contributed by atoms with Gasteiger partial charge in [-0.25, -0.2) is 0 Å². The lowest BCUT2D eigenvalue weighted by Crippen LogP contribution is -2.56. The van der Waals surface area contributed by atoms with E-state index >= 15 is 0 Å². The number of ether oxygens (including phenoxy) is 1. The molecule has 36 heavy (non-hydrogen) atoms. The zero-order chi connectivity index (χ0) is 25.1. The number of morpholine rings is 1. The fraction of sp³-hybridized carbons (Fsp3) is 0.500. The second-order valence-electron chi connectivity index (χ2n) is 11.4. The lowest BCUT2D eigenvalue weighted by Gasteiger charge is -2.50. The maximum atomic E-state index is 14.3. The van der Waals surface area contributed by atoms with Gasteiger partial charge in [0.1, 0.15) is 5.69 Å². The molecule has 3 aliphatic rings. The van der Waals surface area contributed by atoms with E-state index in [0.717, 1.165) is 63.2 Å². The molecule has 1 aliphatic carbocycles. The van der Waals surface area contributed by atoms with Crippen LogP contribution in [0, 0.1) is 16.5 Å². The number of quaternary nitrogens is 1. The highest BCUT2D eigenvalue weighted by molar-refractivity contribution is 5.88. The number of hydrogen-bond donors (Lipinski definition) is 1. The SMILES string of the molecule is CCc1cc2c(cc1[N+]1([O-])CCC(N3CCOCC3)CC1)C(C)(C)c1[nH]c3cc(C#N)ccc3c1C2. The Morgan fingerprint density at radius 2 is 1.92 bits per heavy atom. The molecular weight excluding hydrogens is 448 g/mol. The molecule has 2 aliphatic heterocycles. The largest absolute Gasteiger partial charge is 0.627 e. The van der Waals surface area contributed by atoms with Crippen LogP contribution < -0.4 is 4.65 Å². The van der Waals surface area contributed by atoms with Gasteiger partial charge in [0.15, 0.2) is 0 Å². The van der Waals surface area contributed by atoms with Crippen LogP contribution in [-0.4, -0.2) is 55.3 Å². The molecule has 6 nitrogen and oxygen atoms in total. The molecule has 6 heteroatoms. The number of piperidine rings is 1. The average Bonchev–Trinajstić information content (AvgIpc) is 3.27. The number of aromatic nitrogens is 1. The van der Waals surface area contributed by atoms with E-state index in [1.54, 1.807) is 0 Å². The monoisotopic (exact) mass is 484 g/mol. The first kappa shape index (κ1) is 23.7. The fourth-order valence-corrected chi connectivity index (χ4v) is 6.96. The van der Waals surface area contributed by atoms with Crippen molar-refractivity contribution < 1.29 is 4.74 Å². The number of hydroxylamine groups is 2. The molecule has 1 aromatic heterocycles. The Morgan fingerprint density at radius 3 is 2.61 bits per heavy atom. The third-order valence-corrected chi connectivity index (χ3v) is 9.03. The van der Waals surface area contributed by atoms with Crippen molar-refractivity contribution in [3.8, 4) is 6.07 Å². The molecule has 3 aromatic rings. The number of hydrogen-bond acceptors (Lipinski definition) is 4. The maximum absolute atomic E-state index is 14.3. The van der Waals surface area contributed by atoms with E-state index in [-0.39, 0.29) is 10.1 Å². The van der Waals surface area contributed by atoms with E-state index in [2.05, 4.69) is 54.9 Å². The highest BCUT2D eigenvalue weighted by Crippen LogP contribution is 2.47. The van der Waals surface area contributed by atoms with Crippen molar-refractivity contribution in [2.75, 3.05) is 39.4 Å². The van der Waals surface area contributed by atoms with E-state index in [0.29, 0.717) is 24.7 Å². The third-order valence-electron chi connectivity index (χ3n) is 9.03. The molecule has 2 saturated heterocycles. The van der Waals surface area contributed by atoms with Crippen LogP contribution >= 0.6 is 0 Å². The van der Waals surface area contributed by atoms with Crippen LogP contribution in [0.3, 0.4) is 0 Å². The van der Waals surface area contributed by atoms with Crippen molar-refractivity contribution in [2.24, 2.45) is 0 Å². The minimum absolute atomic E-state index is 0.210. The first-order valence-corrected chi connectivity index (χ1v) is 13.5. The van der Waals surface area contributed by atoms with Crippen LogP contribution in [0.15, 0.2) is 30.3 Å². The summed E-state index contributed by atoms with van der Waals surface area (Å²) in [6, 6.07) is 13.3. The molecule has 0 spiro atoms. The second-order valence-corrected chi connectivity index (χ2v) is 11.4. The normalized spacial score (nSPS) is 25.8. The van der Waals surface area contributed by atoms with Crippen LogP contribution in [0.2, 0.25) is 0 Å². The summed E-state index contributed by atoms with van der Waals surface area (Å²) < 4.78 is 5.33. The number of H-pyrrole nitrogens is 1. The number of rotatable bonds is 3. The third kappa shape index (κ3) is 3.69. The van der Waals surface area contributed by atoms with E-state index < -0.39 is 0 Å². The van der Waals surface area contributed by atoms with Crippen molar-refractivity contribution in [1.82, 2.24) is 14.5 Å². The second kappa shape index (κ2) is 8.71. The quantitative estimate of drug-likeness (QED) is 0.413. The summed E-state index contributed by atoms with van der Waals surface area (Å²) in [4.78, 5) is 6.18. The van der Waals surface area contributed by atoms with Gasteiger partial charge in [0.05, 0.1) is 37.9 Å². The molecule has 2 fully saturated rings. The molecule has 0 saturated carbocycles. The van der Waals surface area contributed by atoms with Gasteiger partial charge >= 0.3 is 0 Å². The molecule has 0 amide bonds. The topological polar surface area (TPSA) is 75.1 Å². The van der Waals surface area contributed by atoms with Crippen LogP contribution in [-0.2, 0) is 23.0 Å². The van der Waals surface area contributed by atoms with Crippen molar-refractivity contribution >= 4 is 16.6 Å². The Kier molecular flexibility index (Phi) is 5.73. The standard InChI is InChI=1S/C30H36N4O2/c1-4-21-16-22-17-25-24-6-5-20(19-31)15-27(24)32-29(25)30(2,3)26(22)18-28(21)34(35)11-7-23(8-12-34)33-9-13-36-14-10-33/h5-6,15-16,18,23,32H,4,7-14,17H2,1-3H3. The Balaban J connectivity index is 1.36. The molecule has 0 radical (unpaired) electrons. The van der Waals surface area contributed by atoms with Gasteiger partial charge in [-0.05, 0) is 41.3 Å². The van der Waals surface area contributed by atoms with Gasteiger partial charge in [0.2, 0.25) is 0 Å². The predicted octanol–water partition coefficient (Wildman–Crippen LogP) is 5.13. The van der Waals surface area contributed by atoms with Crippen LogP contribution in [0.5, 0.6) is 0 Å². The minimum atomic E-state index is -0.249. The first-order chi connectivity index (χ1) is 17.3. The van der Waals surface area contributed by atoms with Crippen LogP contribution in [0.25, 0.3) is 10.9 Å². The lowest BCUT2D eigenvalue weighted by atomic mass is 9.71. The molecule has 3 heterocycles. The van der Waals surface area contributed by atoms with Gasteiger partial charge in [-0.1, -0.05) is 26.8 Å². The predicted molar refractivity (Wildman–Crippen MR) is 144 cm³/mol. The smallest absolute Gasteiger partial charge is 0.136 e. The highest BCUT2D eigenvalue weighted by atomic mass is 16.5. The molecule has 0 unspecified atom stereocenters. The van der Waals surface area contributed by atoms with E-state index in [4.69, 9.17) is 4.74 Å². The molecular formula is C30H36N4O2. The number of nitriles is 1. The van der Waals surface area contributed by atoms with Crippen LogP contribution in [0.1, 0.15) is 67.1 Å². The summed E-state index contributed by atoms with van der Waals surface area (Å²) in [5.74, 6) is 0. The number of fused-ring (bicyclic) bond motifs is 4. The molecule has 0 bridgehead atoms. The average molecular weight is 485 g/mol. The zero-order valence-electron chi connectivity index (χ0n) is 21.7. The summed E-state index contributed by atoms with van der Waals surface area (Å²) in [5, 5.41) is 24.9. The van der Waals surface area contributed by atoms with Crippen molar-refractivity contribution in [3.63, 3.8) is 0 Å². The summed E-state index contributed by atoms with van der Waals surface area (Å²) in [7, 11) is 0. The van der Waals surface area contributed by atoms with E-state index in [1.165, 1.54) is 33.3 Å². The molecule has 188 valence electrons. The van der Waals surface area contributed by atoms with Crippen molar-refractivity contribution in [3.05, 3.63) is 69.1 Å². The summed E-state index contributed by atoms with van der Waals surface area (Å²) in [5.41, 5.74) is 8.72. The van der Waals surface area contributed by atoms with Gasteiger partial charge in [-0.15, -0.1) is 0 Å². The Hall–Kier alpha value is -2.69. The minimum Gasteiger partial charge on any atom is -0.627 e. The molecule has 6 rings (SSSR count). The van der Waals surface area contributed by atoms with Gasteiger partial charge in [-0.3, -0.25) is 4.90 Å². The van der Waals surface area contributed by atoms with Gasteiger partial charge in [-0.2, -0.15) is 5.26 Å². The fourth-order valence-electron chi connectivity index (χ4n) is 6.96.